The first-order valence-electron chi connectivity index (χ1n) is 9.03. The lowest BCUT2D eigenvalue weighted by molar-refractivity contribution is -0.207. The normalized spacial score (nSPS) is 28.1. The molecule has 174 valence electrons. The minimum absolute atomic E-state index is 0.115. The molecular weight excluding hydrogens is 448 g/mol. The van der Waals surface area contributed by atoms with Crippen LogP contribution in [-0.4, -0.2) is 65.8 Å². The number of aliphatic imine (C=N–C) groups is 1. The Bertz CT molecular complexity index is 965. The molecule has 1 aromatic rings. The lowest BCUT2D eigenvalue weighted by atomic mass is 9.79. The molecule has 0 radical (unpaired) electrons. The number of nitrogens with zero attached hydrogens (tertiary/aromatic N) is 3. The third-order valence-electron chi connectivity index (χ3n) is 4.79. The monoisotopic (exact) mass is 465 g/mol. The van der Waals surface area contributed by atoms with E-state index in [1.165, 1.54) is 7.11 Å². The summed E-state index contributed by atoms with van der Waals surface area (Å²) in [4.78, 5) is 23.4. The molecule has 4 atom stereocenters. The Balaban J connectivity index is 1.93. The molecule has 0 saturated carbocycles. The van der Waals surface area contributed by atoms with Crippen LogP contribution in [-0.2, 0) is 4.74 Å². The molecule has 0 fully saturated rings. The number of hydrogen-bond donors (Lipinski definition) is 2. The fraction of sp³-hybridized carbons (Fsp3) is 0.444. The third-order valence-corrected chi connectivity index (χ3v) is 4.79. The number of nitrogens with one attached hydrogen (secondary N) is 1. The number of ether oxygens (including phenoxy) is 2. The van der Waals surface area contributed by atoms with Gasteiger partial charge in [-0.25, -0.2) is 28.1 Å². The molecule has 32 heavy (non-hydrogen) atoms. The number of alkyl halides is 6. The van der Waals surface area contributed by atoms with Gasteiger partial charge in [0.1, 0.15) is 17.9 Å². The van der Waals surface area contributed by atoms with Crippen LogP contribution in [0.4, 0.5) is 26.3 Å². The highest BCUT2D eigenvalue weighted by molar-refractivity contribution is 5.93. The summed E-state index contributed by atoms with van der Waals surface area (Å²) in [7, 11) is 1.33. The topological polar surface area (TPSA) is 112 Å². The summed E-state index contributed by atoms with van der Waals surface area (Å²) in [6, 6.07) is -1.02. The van der Waals surface area contributed by atoms with E-state index in [4.69, 9.17) is 10.5 Å². The smallest absolute Gasteiger partial charge is 0.425 e. The van der Waals surface area contributed by atoms with Crippen molar-refractivity contribution in [3.8, 4) is 5.88 Å². The van der Waals surface area contributed by atoms with Gasteiger partial charge in [-0.05, 0) is 17.7 Å². The molecule has 2 aliphatic rings. The molecule has 1 aliphatic heterocycles. The third kappa shape index (κ3) is 4.62. The summed E-state index contributed by atoms with van der Waals surface area (Å²) in [6.07, 6.45) is -9.96. The standard InChI is InChI=1S/C18H17F6N5O3/c1-31-13-6-26-11(5-27-13)15(30)28-8-2-9(14(21)10(20)3-8)17(7-19)4-12(18(22,23)24)32-16(25)29-17/h2-3,5-6,10,12,14H,4,7H2,1H3,(H2,25,29)(H,28,30)/t10?,12-,14?,17+/m0/s1. The number of nitrogens with two attached hydrogens (primary N) is 1. The minimum atomic E-state index is -4.96. The second-order valence-corrected chi connectivity index (χ2v) is 6.93. The van der Waals surface area contributed by atoms with Gasteiger partial charge in [-0.1, -0.05) is 0 Å². The number of hydrogen-bond acceptors (Lipinski definition) is 7. The van der Waals surface area contributed by atoms with E-state index in [-0.39, 0.29) is 17.3 Å². The quantitative estimate of drug-likeness (QED) is 0.645. The summed E-state index contributed by atoms with van der Waals surface area (Å²) in [5.74, 6) is -0.771. The molecule has 1 aromatic heterocycles. The predicted molar refractivity (Wildman–Crippen MR) is 97.9 cm³/mol. The number of methoxy groups -OCH3 is 1. The zero-order chi connectivity index (χ0) is 23.7. The maximum Gasteiger partial charge on any atom is 0.425 e. The van der Waals surface area contributed by atoms with Crippen molar-refractivity contribution in [3.63, 3.8) is 0 Å². The van der Waals surface area contributed by atoms with Gasteiger partial charge in [-0.15, -0.1) is 0 Å². The van der Waals surface area contributed by atoms with E-state index in [2.05, 4.69) is 25.0 Å². The summed E-state index contributed by atoms with van der Waals surface area (Å²) in [5, 5.41) is 2.23. The molecule has 2 heterocycles. The SMILES string of the molecule is COc1cnc(C(=O)NC2=CC(F)C(F)C([C@]3(CF)C[C@@H](C(F)(F)F)OC(N)=N3)=C2)cn1. The van der Waals surface area contributed by atoms with Crippen LogP contribution < -0.4 is 15.8 Å². The summed E-state index contributed by atoms with van der Waals surface area (Å²) in [6.45, 7) is -1.62. The van der Waals surface area contributed by atoms with Crippen molar-refractivity contribution in [2.45, 2.75) is 36.6 Å². The van der Waals surface area contributed by atoms with Crippen LogP contribution >= 0.6 is 0 Å². The molecule has 3 rings (SSSR count). The van der Waals surface area contributed by atoms with Gasteiger partial charge in [0.15, 0.2) is 18.4 Å². The molecule has 0 aromatic carbocycles. The van der Waals surface area contributed by atoms with E-state index in [0.717, 1.165) is 18.5 Å². The van der Waals surface area contributed by atoms with Crippen molar-refractivity contribution >= 4 is 11.9 Å². The molecule has 0 saturated heterocycles. The summed E-state index contributed by atoms with van der Waals surface area (Å²) < 4.78 is 91.9. The Hall–Kier alpha value is -3.32. The number of amidine groups is 1. The van der Waals surface area contributed by atoms with Gasteiger partial charge in [-0.2, -0.15) is 13.2 Å². The predicted octanol–water partition coefficient (Wildman–Crippen LogP) is 2.09. The number of amides is 1. The van der Waals surface area contributed by atoms with Gasteiger partial charge in [0, 0.05) is 12.1 Å². The van der Waals surface area contributed by atoms with Crippen LogP contribution in [0.1, 0.15) is 16.9 Å². The Morgan fingerprint density at radius 2 is 2.06 bits per heavy atom. The fourth-order valence-electron chi connectivity index (χ4n) is 3.23. The molecular formula is C18H17F6N5O3. The summed E-state index contributed by atoms with van der Waals surface area (Å²) >= 11 is 0. The minimum Gasteiger partial charge on any atom is -0.480 e. The van der Waals surface area contributed by atoms with Crippen molar-refractivity contribution in [1.29, 1.82) is 0 Å². The van der Waals surface area contributed by atoms with Gasteiger partial charge in [0.05, 0.1) is 19.5 Å². The first kappa shape index (κ1) is 23.3. The van der Waals surface area contributed by atoms with E-state index in [0.29, 0.717) is 6.08 Å². The van der Waals surface area contributed by atoms with Crippen LogP contribution in [0, 0.1) is 0 Å². The number of allylic oxidation sites excluding steroid dienone is 2. The Kier molecular flexibility index (Phi) is 6.32. The number of halogens is 6. The second kappa shape index (κ2) is 8.67. The molecule has 3 N–H and O–H groups in total. The van der Waals surface area contributed by atoms with E-state index in [9.17, 15) is 31.1 Å². The first-order valence-corrected chi connectivity index (χ1v) is 9.03. The van der Waals surface area contributed by atoms with Crippen LogP contribution in [0.2, 0.25) is 0 Å². The molecule has 8 nitrogen and oxygen atoms in total. The lowest BCUT2D eigenvalue weighted by Crippen LogP contribution is -2.52. The van der Waals surface area contributed by atoms with Gasteiger partial charge in [-0.3, -0.25) is 4.79 Å². The Morgan fingerprint density at radius 1 is 1.34 bits per heavy atom. The highest BCUT2D eigenvalue weighted by Gasteiger charge is 2.54. The molecule has 2 unspecified atom stereocenters. The van der Waals surface area contributed by atoms with E-state index in [1.54, 1.807) is 0 Å². The van der Waals surface area contributed by atoms with Gasteiger partial charge in [0.25, 0.3) is 11.9 Å². The van der Waals surface area contributed by atoms with Crippen molar-refractivity contribution in [3.05, 3.63) is 41.5 Å². The lowest BCUT2D eigenvalue weighted by Gasteiger charge is -2.39. The van der Waals surface area contributed by atoms with Crippen LogP contribution in [0.3, 0.4) is 0 Å². The average molecular weight is 465 g/mol. The van der Waals surface area contributed by atoms with Crippen molar-refractivity contribution in [2.75, 3.05) is 13.8 Å². The van der Waals surface area contributed by atoms with E-state index < -0.39 is 60.8 Å². The van der Waals surface area contributed by atoms with Crippen LogP contribution in [0.25, 0.3) is 0 Å². The van der Waals surface area contributed by atoms with Crippen LogP contribution in [0.15, 0.2) is 40.8 Å². The number of rotatable bonds is 5. The van der Waals surface area contributed by atoms with Gasteiger partial charge in [0.2, 0.25) is 5.88 Å². The Morgan fingerprint density at radius 3 is 2.62 bits per heavy atom. The molecule has 14 heteroatoms. The van der Waals surface area contributed by atoms with Crippen molar-refractivity contribution < 1.29 is 40.6 Å². The molecule has 0 spiro atoms. The Labute approximate surface area is 177 Å². The van der Waals surface area contributed by atoms with Crippen molar-refractivity contribution in [1.82, 2.24) is 15.3 Å². The van der Waals surface area contributed by atoms with E-state index >= 15 is 0 Å². The molecule has 1 aliphatic carbocycles. The van der Waals surface area contributed by atoms with Gasteiger partial charge < -0.3 is 20.5 Å². The molecule has 0 bridgehead atoms. The summed E-state index contributed by atoms with van der Waals surface area (Å²) in [5.41, 5.74) is 1.50. The van der Waals surface area contributed by atoms with Gasteiger partial charge >= 0.3 is 6.18 Å². The largest absolute Gasteiger partial charge is 0.480 e. The molecule has 1 amide bonds. The number of carbonyl (C=O) groups is 1. The fourth-order valence-corrected chi connectivity index (χ4v) is 3.23. The highest BCUT2D eigenvalue weighted by Crippen LogP contribution is 2.42. The maximum atomic E-state index is 14.7. The number of aromatic nitrogens is 2. The first-order chi connectivity index (χ1) is 15.0. The zero-order valence-corrected chi connectivity index (χ0v) is 16.4. The van der Waals surface area contributed by atoms with Crippen LogP contribution in [0.5, 0.6) is 5.88 Å². The highest BCUT2D eigenvalue weighted by atomic mass is 19.4. The maximum absolute atomic E-state index is 14.7. The number of carbonyl (C=O) groups excluding carboxylic acids is 1. The van der Waals surface area contributed by atoms with Crippen molar-refractivity contribution in [2.24, 2.45) is 10.7 Å². The zero-order valence-electron chi connectivity index (χ0n) is 16.4. The second-order valence-electron chi connectivity index (χ2n) is 6.93. The average Bonchev–Trinajstić information content (AvgIpc) is 2.75. The van der Waals surface area contributed by atoms with E-state index in [1.807, 2.05) is 0 Å².